The first kappa shape index (κ1) is 14.6. The zero-order chi connectivity index (χ0) is 15.5. The van der Waals surface area contributed by atoms with Gasteiger partial charge in [0.25, 0.3) is 5.91 Å². The lowest BCUT2D eigenvalue weighted by Crippen LogP contribution is -2.41. The number of rotatable bonds is 4. The van der Waals surface area contributed by atoms with Gasteiger partial charge in [-0.1, -0.05) is 18.2 Å². The third-order valence-electron chi connectivity index (χ3n) is 4.06. The lowest BCUT2D eigenvalue weighted by molar-refractivity contribution is -0.133. The molecule has 2 amide bonds. The van der Waals surface area contributed by atoms with Crippen molar-refractivity contribution in [2.75, 3.05) is 19.6 Å². The summed E-state index contributed by atoms with van der Waals surface area (Å²) < 4.78 is 1.71. The van der Waals surface area contributed by atoms with Crippen molar-refractivity contribution in [2.24, 2.45) is 7.05 Å². The number of benzene rings is 1. The molecular weight excluding hydrogens is 280 g/mol. The summed E-state index contributed by atoms with van der Waals surface area (Å²) in [6, 6.07) is 7.65. The molecule has 0 saturated carbocycles. The van der Waals surface area contributed by atoms with E-state index in [1.165, 1.54) is 0 Å². The highest BCUT2D eigenvalue weighted by Gasteiger charge is 2.19. The Labute approximate surface area is 129 Å². The Morgan fingerprint density at radius 2 is 2.14 bits per heavy atom. The number of para-hydroxylation sites is 1. The molecule has 6 heteroatoms. The van der Waals surface area contributed by atoms with Gasteiger partial charge in [-0.3, -0.25) is 14.3 Å². The Bertz CT molecular complexity index is 707. The van der Waals surface area contributed by atoms with E-state index in [4.69, 9.17) is 0 Å². The molecule has 1 aliphatic heterocycles. The van der Waals surface area contributed by atoms with Crippen LogP contribution in [0.25, 0.3) is 10.9 Å². The molecule has 1 N–H and O–H groups in total. The molecule has 1 aromatic heterocycles. The van der Waals surface area contributed by atoms with Crippen LogP contribution in [0.15, 0.2) is 24.3 Å². The van der Waals surface area contributed by atoms with Gasteiger partial charge < -0.3 is 10.2 Å². The standard InChI is InChI=1S/C16H20N4O2/c1-19-13-7-3-2-6-12(13)15(18-19)16(22)17-9-11-20-10-5-4-8-14(20)21/h2-3,6-7H,4-5,8-11H2,1H3,(H,17,22). The van der Waals surface area contributed by atoms with E-state index in [0.29, 0.717) is 25.2 Å². The van der Waals surface area contributed by atoms with Crippen LogP contribution in [-0.4, -0.2) is 46.1 Å². The van der Waals surface area contributed by atoms with E-state index in [9.17, 15) is 9.59 Å². The number of aryl methyl sites for hydroxylation is 1. The van der Waals surface area contributed by atoms with Crippen LogP contribution >= 0.6 is 0 Å². The van der Waals surface area contributed by atoms with Gasteiger partial charge in [0.15, 0.2) is 5.69 Å². The second kappa shape index (κ2) is 6.17. The predicted molar refractivity (Wildman–Crippen MR) is 83.5 cm³/mol. The Kier molecular flexibility index (Phi) is 4.09. The summed E-state index contributed by atoms with van der Waals surface area (Å²) in [6.07, 6.45) is 2.64. The Morgan fingerprint density at radius 1 is 1.32 bits per heavy atom. The molecule has 0 radical (unpaired) electrons. The van der Waals surface area contributed by atoms with Gasteiger partial charge in [0.1, 0.15) is 0 Å². The van der Waals surface area contributed by atoms with E-state index in [1.54, 1.807) is 4.68 Å². The molecule has 2 aromatic rings. The third-order valence-corrected chi connectivity index (χ3v) is 4.06. The summed E-state index contributed by atoms with van der Waals surface area (Å²) in [5, 5.41) is 8.00. The van der Waals surface area contributed by atoms with Crippen LogP contribution in [0.1, 0.15) is 29.8 Å². The minimum absolute atomic E-state index is 0.184. The van der Waals surface area contributed by atoms with Crippen LogP contribution in [0, 0.1) is 0 Å². The van der Waals surface area contributed by atoms with Crippen molar-refractivity contribution in [3.8, 4) is 0 Å². The highest BCUT2D eigenvalue weighted by molar-refractivity contribution is 6.04. The van der Waals surface area contributed by atoms with Crippen LogP contribution in [0.3, 0.4) is 0 Å². The number of piperidine rings is 1. The molecular formula is C16H20N4O2. The maximum absolute atomic E-state index is 12.3. The van der Waals surface area contributed by atoms with Crippen molar-refractivity contribution in [2.45, 2.75) is 19.3 Å². The van der Waals surface area contributed by atoms with E-state index in [2.05, 4.69) is 10.4 Å². The van der Waals surface area contributed by atoms with E-state index >= 15 is 0 Å². The average Bonchev–Trinajstić information content (AvgIpc) is 2.87. The van der Waals surface area contributed by atoms with E-state index in [-0.39, 0.29) is 11.8 Å². The quantitative estimate of drug-likeness (QED) is 0.926. The zero-order valence-electron chi connectivity index (χ0n) is 12.7. The summed E-state index contributed by atoms with van der Waals surface area (Å²) in [5.41, 5.74) is 1.36. The Morgan fingerprint density at radius 3 is 2.95 bits per heavy atom. The SMILES string of the molecule is Cn1nc(C(=O)NCCN2CCCCC2=O)c2ccccc21. The monoisotopic (exact) mass is 300 g/mol. The van der Waals surface area contributed by atoms with Crippen LogP contribution in [-0.2, 0) is 11.8 Å². The summed E-state index contributed by atoms with van der Waals surface area (Å²) in [6.45, 7) is 1.81. The number of likely N-dealkylation sites (tertiary alicyclic amines) is 1. The van der Waals surface area contributed by atoms with Crippen LogP contribution in [0.2, 0.25) is 0 Å². The topological polar surface area (TPSA) is 67.2 Å². The minimum Gasteiger partial charge on any atom is -0.349 e. The number of hydrogen-bond acceptors (Lipinski definition) is 3. The zero-order valence-corrected chi connectivity index (χ0v) is 12.7. The number of aromatic nitrogens is 2. The molecule has 116 valence electrons. The Balaban J connectivity index is 1.63. The third kappa shape index (κ3) is 2.81. The molecule has 0 bridgehead atoms. The summed E-state index contributed by atoms with van der Waals surface area (Å²) in [5.74, 6) is -0.00922. The number of carbonyl (C=O) groups is 2. The largest absolute Gasteiger partial charge is 0.349 e. The first-order valence-electron chi connectivity index (χ1n) is 7.64. The van der Waals surface area contributed by atoms with Crippen LogP contribution in [0.5, 0.6) is 0 Å². The molecule has 0 spiro atoms. The predicted octanol–water partition coefficient (Wildman–Crippen LogP) is 1.32. The van der Waals surface area contributed by atoms with Gasteiger partial charge in [0.2, 0.25) is 5.91 Å². The first-order valence-corrected chi connectivity index (χ1v) is 7.64. The van der Waals surface area contributed by atoms with E-state index in [1.807, 2.05) is 36.2 Å². The number of nitrogens with zero attached hydrogens (tertiary/aromatic N) is 3. The van der Waals surface area contributed by atoms with Gasteiger partial charge >= 0.3 is 0 Å². The van der Waals surface area contributed by atoms with Gasteiger partial charge in [-0.15, -0.1) is 0 Å². The number of carbonyl (C=O) groups excluding carboxylic acids is 2. The smallest absolute Gasteiger partial charge is 0.272 e. The van der Waals surface area contributed by atoms with E-state index < -0.39 is 0 Å². The molecule has 22 heavy (non-hydrogen) atoms. The molecule has 3 rings (SSSR count). The number of amides is 2. The molecule has 0 atom stereocenters. The highest BCUT2D eigenvalue weighted by Crippen LogP contribution is 2.17. The van der Waals surface area contributed by atoms with E-state index in [0.717, 1.165) is 30.3 Å². The summed E-state index contributed by atoms with van der Waals surface area (Å²) >= 11 is 0. The fourth-order valence-corrected chi connectivity index (χ4v) is 2.87. The molecule has 6 nitrogen and oxygen atoms in total. The van der Waals surface area contributed by atoms with Gasteiger partial charge in [-0.25, -0.2) is 0 Å². The molecule has 0 unspecified atom stereocenters. The van der Waals surface area contributed by atoms with Gasteiger partial charge in [-0.2, -0.15) is 5.10 Å². The first-order chi connectivity index (χ1) is 10.7. The van der Waals surface area contributed by atoms with Gasteiger partial charge in [0.05, 0.1) is 5.52 Å². The summed E-state index contributed by atoms with van der Waals surface area (Å²) in [4.78, 5) is 25.8. The van der Waals surface area contributed by atoms with Crippen molar-refractivity contribution in [1.29, 1.82) is 0 Å². The number of hydrogen-bond donors (Lipinski definition) is 1. The number of nitrogens with one attached hydrogen (secondary N) is 1. The fourth-order valence-electron chi connectivity index (χ4n) is 2.87. The lowest BCUT2D eigenvalue weighted by Gasteiger charge is -2.26. The van der Waals surface area contributed by atoms with Gasteiger partial charge in [0, 0.05) is 38.5 Å². The van der Waals surface area contributed by atoms with Gasteiger partial charge in [-0.05, 0) is 18.9 Å². The second-order valence-electron chi connectivity index (χ2n) is 5.58. The van der Waals surface area contributed by atoms with Crippen molar-refractivity contribution in [1.82, 2.24) is 20.0 Å². The average molecular weight is 300 g/mol. The lowest BCUT2D eigenvalue weighted by atomic mass is 10.1. The highest BCUT2D eigenvalue weighted by atomic mass is 16.2. The van der Waals surface area contributed by atoms with Crippen molar-refractivity contribution in [3.05, 3.63) is 30.0 Å². The molecule has 1 saturated heterocycles. The maximum Gasteiger partial charge on any atom is 0.272 e. The van der Waals surface area contributed by atoms with Crippen molar-refractivity contribution < 1.29 is 9.59 Å². The molecule has 0 aliphatic carbocycles. The second-order valence-corrected chi connectivity index (χ2v) is 5.58. The van der Waals surface area contributed by atoms with Crippen LogP contribution in [0.4, 0.5) is 0 Å². The molecule has 1 aliphatic rings. The van der Waals surface area contributed by atoms with Crippen molar-refractivity contribution >= 4 is 22.7 Å². The minimum atomic E-state index is -0.193. The molecule has 1 aromatic carbocycles. The fraction of sp³-hybridized carbons (Fsp3) is 0.438. The summed E-state index contributed by atoms with van der Waals surface area (Å²) in [7, 11) is 1.82. The van der Waals surface area contributed by atoms with Crippen molar-refractivity contribution in [3.63, 3.8) is 0 Å². The molecule has 2 heterocycles. The maximum atomic E-state index is 12.3. The number of fused-ring (bicyclic) bond motifs is 1. The molecule has 1 fully saturated rings. The normalized spacial score (nSPS) is 15.3. The Hall–Kier alpha value is -2.37. The van der Waals surface area contributed by atoms with Crippen LogP contribution < -0.4 is 5.32 Å².